The minimum atomic E-state index is -0.914. The fourth-order valence-electron chi connectivity index (χ4n) is 4.44. The molecule has 0 fully saturated rings. The number of carbonyl (C=O) groups is 2. The molecule has 4 aromatic rings. The average molecular weight is 488 g/mol. The molecule has 36 heavy (non-hydrogen) atoms. The maximum atomic E-state index is 13.9. The number of nitrogens with one attached hydrogen (secondary N) is 1. The number of nitrogens with zero attached hydrogens (tertiary/aromatic N) is 2. The van der Waals surface area contributed by atoms with Gasteiger partial charge in [0.15, 0.2) is 6.61 Å². The first-order chi connectivity index (χ1) is 17.5. The van der Waals surface area contributed by atoms with Gasteiger partial charge in [-0.2, -0.15) is 0 Å². The number of halogens is 2. The third-order valence-corrected chi connectivity index (χ3v) is 6.12. The van der Waals surface area contributed by atoms with E-state index in [4.69, 9.17) is 9.72 Å². The molecule has 2 heterocycles. The van der Waals surface area contributed by atoms with E-state index in [0.717, 1.165) is 36.5 Å². The predicted octanol–water partition coefficient (Wildman–Crippen LogP) is 4.87. The molecule has 0 bridgehead atoms. The van der Waals surface area contributed by atoms with Gasteiger partial charge >= 0.3 is 5.97 Å². The molecule has 5 rings (SSSR count). The number of carbonyl (C=O) groups excluding carboxylic acids is 2. The molecule has 1 aromatic heterocycles. The first kappa shape index (κ1) is 23.6. The fraction of sp³-hybridized carbons (Fsp3) is 0.179. The summed E-state index contributed by atoms with van der Waals surface area (Å²) in [6.07, 6.45) is 0.678. The van der Waals surface area contributed by atoms with Gasteiger partial charge in [0.1, 0.15) is 11.6 Å². The second kappa shape index (κ2) is 10.2. The molecule has 8 heteroatoms. The van der Waals surface area contributed by atoms with Crippen molar-refractivity contribution in [3.8, 4) is 0 Å². The Balaban J connectivity index is 1.37. The third kappa shape index (κ3) is 5.08. The van der Waals surface area contributed by atoms with Crippen molar-refractivity contribution in [3.05, 3.63) is 107 Å². The molecule has 0 spiro atoms. The predicted molar refractivity (Wildman–Crippen MR) is 131 cm³/mol. The van der Waals surface area contributed by atoms with Gasteiger partial charge in [-0.1, -0.05) is 48.5 Å². The van der Waals surface area contributed by atoms with Gasteiger partial charge in [0.25, 0.3) is 5.91 Å². The highest BCUT2D eigenvalue weighted by Gasteiger charge is 2.27. The molecule has 0 atom stereocenters. The monoisotopic (exact) mass is 487 g/mol. The maximum Gasteiger partial charge on any atom is 0.339 e. The highest BCUT2D eigenvalue weighted by Crippen LogP contribution is 2.29. The van der Waals surface area contributed by atoms with Crippen LogP contribution in [-0.4, -0.2) is 34.9 Å². The molecule has 0 saturated carbocycles. The SMILES string of the molecule is O=C(COC(=O)c1c2c(nc3ccccc13)CCN(Cc1ccccc1)C2)Nc1ccc(F)cc1F. The number of amides is 1. The molecule has 0 radical (unpaired) electrons. The molecule has 0 saturated heterocycles. The van der Waals surface area contributed by atoms with E-state index in [-0.39, 0.29) is 5.69 Å². The number of anilines is 1. The van der Waals surface area contributed by atoms with E-state index in [1.807, 2.05) is 42.5 Å². The summed E-state index contributed by atoms with van der Waals surface area (Å²) in [5, 5.41) is 2.95. The van der Waals surface area contributed by atoms with Gasteiger partial charge in [-0.25, -0.2) is 13.6 Å². The summed E-state index contributed by atoms with van der Waals surface area (Å²) in [6, 6.07) is 20.2. The number of hydrogen-bond donors (Lipinski definition) is 1. The lowest BCUT2D eigenvalue weighted by atomic mass is 9.95. The highest BCUT2D eigenvalue weighted by atomic mass is 19.1. The Kier molecular flexibility index (Phi) is 6.69. The highest BCUT2D eigenvalue weighted by molar-refractivity contribution is 6.06. The van der Waals surface area contributed by atoms with Crippen molar-refractivity contribution in [1.29, 1.82) is 0 Å². The quantitative estimate of drug-likeness (QED) is 0.393. The summed E-state index contributed by atoms with van der Waals surface area (Å²) in [4.78, 5) is 32.6. The van der Waals surface area contributed by atoms with Crippen molar-refractivity contribution in [2.24, 2.45) is 0 Å². The smallest absolute Gasteiger partial charge is 0.339 e. The third-order valence-electron chi connectivity index (χ3n) is 6.12. The Hall–Kier alpha value is -4.17. The Labute approximate surface area is 206 Å². The van der Waals surface area contributed by atoms with E-state index >= 15 is 0 Å². The Bertz CT molecular complexity index is 1440. The maximum absolute atomic E-state index is 13.9. The van der Waals surface area contributed by atoms with Gasteiger partial charge < -0.3 is 10.1 Å². The minimum Gasteiger partial charge on any atom is -0.452 e. The van der Waals surface area contributed by atoms with Gasteiger partial charge in [-0.05, 0) is 23.8 Å². The van der Waals surface area contributed by atoms with Crippen LogP contribution >= 0.6 is 0 Å². The molecule has 0 aliphatic carbocycles. The van der Waals surface area contributed by atoms with Crippen LogP contribution in [0.5, 0.6) is 0 Å². The lowest BCUT2D eigenvalue weighted by Gasteiger charge is -2.30. The zero-order valence-corrected chi connectivity index (χ0v) is 19.3. The lowest BCUT2D eigenvalue weighted by Crippen LogP contribution is -2.32. The largest absolute Gasteiger partial charge is 0.452 e. The summed E-state index contributed by atoms with van der Waals surface area (Å²) >= 11 is 0. The average Bonchev–Trinajstić information content (AvgIpc) is 2.88. The van der Waals surface area contributed by atoms with Gasteiger partial charge in [-0.15, -0.1) is 0 Å². The van der Waals surface area contributed by atoms with Crippen molar-refractivity contribution in [2.45, 2.75) is 19.5 Å². The molecule has 1 N–H and O–H groups in total. The summed E-state index contributed by atoms with van der Waals surface area (Å²) < 4.78 is 32.3. The van der Waals surface area contributed by atoms with Crippen LogP contribution < -0.4 is 5.32 Å². The first-order valence-electron chi connectivity index (χ1n) is 11.6. The van der Waals surface area contributed by atoms with E-state index < -0.39 is 30.1 Å². The minimum absolute atomic E-state index is 0.194. The Morgan fingerprint density at radius 2 is 1.78 bits per heavy atom. The van der Waals surface area contributed by atoms with E-state index in [1.165, 1.54) is 5.56 Å². The van der Waals surface area contributed by atoms with Crippen LogP contribution in [0.25, 0.3) is 10.9 Å². The second-order valence-corrected chi connectivity index (χ2v) is 8.62. The van der Waals surface area contributed by atoms with Crippen LogP contribution in [-0.2, 0) is 29.0 Å². The molecule has 1 aliphatic heterocycles. The van der Waals surface area contributed by atoms with E-state index in [2.05, 4.69) is 22.3 Å². The second-order valence-electron chi connectivity index (χ2n) is 8.62. The van der Waals surface area contributed by atoms with Crippen LogP contribution in [0, 0.1) is 11.6 Å². The summed E-state index contributed by atoms with van der Waals surface area (Å²) in [5.74, 6) is -3.05. The fourth-order valence-corrected chi connectivity index (χ4v) is 4.44. The molecule has 6 nitrogen and oxygen atoms in total. The first-order valence-corrected chi connectivity index (χ1v) is 11.6. The van der Waals surface area contributed by atoms with Crippen LogP contribution in [0.4, 0.5) is 14.5 Å². The van der Waals surface area contributed by atoms with Crippen molar-refractivity contribution >= 4 is 28.5 Å². The van der Waals surface area contributed by atoms with Crippen molar-refractivity contribution in [3.63, 3.8) is 0 Å². The van der Waals surface area contributed by atoms with Crippen LogP contribution in [0.1, 0.15) is 27.2 Å². The molecular weight excluding hydrogens is 464 g/mol. The molecule has 3 aromatic carbocycles. The van der Waals surface area contributed by atoms with E-state index in [1.54, 1.807) is 0 Å². The van der Waals surface area contributed by atoms with Crippen molar-refractivity contribution in [2.75, 3.05) is 18.5 Å². The van der Waals surface area contributed by atoms with E-state index in [0.29, 0.717) is 35.5 Å². The number of aromatic nitrogens is 1. The normalized spacial score (nSPS) is 13.3. The number of benzene rings is 3. The molecule has 0 unspecified atom stereocenters. The zero-order chi connectivity index (χ0) is 25.1. The number of rotatable bonds is 6. The number of esters is 1. The Morgan fingerprint density at radius 3 is 2.58 bits per heavy atom. The molecule has 1 aliphatic rings. The number of fused-ring (bicyclic) bond motifs is 2. The molecule has 182 valence electrons. The number of ether oxygens (including phenoxy) is 1. The Morgan fingerprint density at radius 1 is 1.00 bits per heavy atom. The lowest BCUT2D eigenvalue weighted by molar-refractivity contribution is -0.119. The van der Waals surface area contributed by atoms with Gasteiger partial charge in [0.05, 0.1) is 16.8 Å². The van der Waals surface area contributed by atoms with Gasteiger partial charge in [0.2, 0.25) is 0 Å². The van der Waals surface area contributed by atoms with Crippen LogP contribution in [0.2, 0.25) is 0 Å². The summed E-state index contributed by atoms with van der Waals surface area (Å²) in [6.45, 7) is 1.43. The summed E-state index contributed by atoms with van der Waals surface area (Å²) in [7, 11) is 0. The zero-order valence-electron chi connectivity index (χ0n) is 19.3. The van der Waals surface area contributed by atoms with Crippen molar-refractivity contribution < 1.29 is 23.1 Å². The van der Waals surface area contributed by atoms with Gasteiger partial charge in [0, 0.05) is 48.8 Å². The standard InChI is InChI=1S/C28H23F2N3O3/c29-19-10-11-25(22(30)14-19)32-26(34)17-36-28(35)27-20-8-4-5-9-23(20)31-24-12-13-33(16-21(24)27)15-18-6-2-1-3-7-18/h1-11,14H,12-13,15-17H2,(H,32,34). The van der Waals surface area contributed by atoms with Crippen LogP contribution in [0.15, 0.2) is 72.8 Å². The van der Waals surface area contributed by atoms with Gasteiger partial charge in [-0.3, -0.25) is 14.7 Å². The molecular formula is C28H23F2N3O3. The number of hydrogen-bond acceptors (Lipinski definition) is 5. The molecule has 1 amide bonds. The summed E-state index contributed by atoms with van der Waals surface area (Å²) in [5.41, 5.74) is 3.66. The number of para-hydroxylation sites is 1. The van der Waals surface area contributed by atoms with Crippen LogP contribution in [0.3, 0.4) is 0 Å². The topological polar surface area (TPSA) is 71.5 Å². The number of pyridine rings is 1. The van der Waals surface area contributed by atoms with E-state index in [9.17, 15) is 18.4 Å². The van der Waals surface area contributed by atoms with Crippen molar-refractivity contribution in [1.82, 2.24) is 9.88 Å².